The molecule has 27 heavy (non-hydrogen) atoms. The molecule has 0 aliphatic carbocycles. The molecule has 0 radical (unpaired) electrons. The van der Waals surface area contributed by atoms with Crippen LogP contribution in [-0.2, 0) is 11.3 Å². The minimum Gasteiger partial charge on any atom is -0.469 e. The molecule has 2 aromatic heterocycles. The third-order valence-electron chi connectivity index (χ3n) is 3.97. The smallest absolute Gasteiger partial charge is 0.237 e. The minimum absolute atomic E-state index is 0.148. The first-order valence-corrected chi connectivity index (χ1v) is 9.56. The van der Waals surface area contributed by atoms with Gasteiger partial charge in [0, 0.05) is 6.54 Å². The Hall–Kier alpha value is -2.32. The SMILES string of the molecule is CCn1c(S[C@H](C)C(=O)Nc2ccc(F)cc2Cl)nnc1-c1ccoc1C. The summed E-state index contributed by atoms with van der Waals surface area (Å²) in [5.74, 6) is 0.726. The van der Waals surface area contributed by atoms with Crippen LogP contribution >= 0.6 is 23.4 Å². The van der Waals surface area contributed by atoms with Crippen molar-refractivity contribution in [2.45, 2.75) is 37.7 Å². The molecule has 1 N–H and O–H groups in total. The Kier molecular flexibility index (Phi) is 5.86. The monoisotopic (exact) mass is 408 g/mol. The summed E-state index contributed by atoms with van der Waals surface area (Å²) in [6.07, 6.45) is 1.61. The number of hydrogen-bond donors (Lipinski definition) is 1. The average molecular weight is 409 g/mol. The van der Waals surface area contributed by atoms with Gasteiger partial charge in [-0.25, -0.2) is 4.39 Å². The molecule has 0 saturated carbocycles. The van der Waals surface area contributed by atoms with Gasteiger partial charge in [-0.1, -0.05) is 23.4 Å². The number of carbonyl (C=O) groups is 1. The van der Waals surface area contributed by atoms with Gasteiger partial charge in [0.05, 0.1) is 27.8 Å². The van der Waals surface area contributed by atoms with Crippen LogP contribution in [0, 0.1) is 12.7 Å². The number of halogens is 2. The van der Waals surface area contributed by atoms with E-state index in [1.165, 1.54) is 23.9 Å². The summed E-state index contributed by atoms with van der Waals surface area (Å²) in [6, 6.07) is 5.67. The van der Waals surface area contributed by atoms with Gasteiger partial charge in [0.15, 0.2) is 11.0 Å². The first-order valence-electron chi connectivity index (χ1n) is 8.31. The van der Waals surface area contributed by atoms with E-state index in [9.17, 15) is 9.18 Å². The molecule has 2 heterocycles. The zero-order chi connectivity index (χ0) is 19.6. The highest BCUT2D eigenvalue weighted by Gasteiger charge is 2.22. The van der Waals surface area contributed by atoms with E-state index in [2.05, 4.69) is 15.5 Å². The molecule has 0 aliphatic heterocycles. The summed E-state index contributed by atoms with van der Waals surface area (Å²) in [4.78, 5) is 12.5. The molecule has 0 saturated heterocycles. The summed E-state index contributed by atoms with van der Waals surface area (Å²) in [6.45, 7) is 6.25. The summed E-state index contributed by atoms with van der Waals surface area (Å²) in [7, 11) is 0. The first-order chi connectivity index (χ1) is 12.9. The zero-order valence-electron chi connectivity index (χ0n) is 15.0. The fraction of sp³-hybridized carbons (Fsp3) is 0.278. The molecule has 3 aromatic rings. The van der Waals surface area contributed by atoms with Gasteiger partial charge in [-0.2, -0.15) is 0 Å². The standard InChI is InChI=1S/C18H18ClFN4O2S/c1-4-24-16(13-7-8-26-10(13)2)22-23-18(24)27-11(3)17(25)21-15-6-5-12(20)9-14(15)19/h5-9,11H,4H2,1-3H3,(H,21,25)/t11-/m1/s1. The second-order valence-electron chi connectivity index (χ2n) is 5.81. The molecule has 0 aliphatic rings. The van der Waals surface area contributed by atoms with Crippen molar-refractivity contribution in [3.8, 4) is 11.4 Å². The van der Waals surface area contributed by atoms with E-state index in [1.807, 2.05) is 24.5 Å². The van der Waals surface area contributed by atoms with E-state index >= 15 is 0 Å². The van der Waals surface area contributed by atoms with E-state index in [-0.39, 0.29) is 10.9 Å². The number of aryl methyl sites for hydroxylation is 1. The predicted molar refractivity (Wildman–Crippen MR) is 103 cm³/mol. The second-order valence-corrected chi connectivity index (χ2v) is 7.53. The van der Waals surface area contributed by atoms with Crippen molar-refractivity contribution in [3.05, 3.63) is 47.1 Å². The Morgan fingerprint density at radius 3 is 2.81 bits per heavy atom. The van der Waals surface area contributed by atoms with Crippen LogP contribution in [0.1, 0.15) is 19.6 Å². The largest absolute Gasteiger partial charge is 0.469 e. The molecule has 0 fully saturated rings. The number of hydrogen-bond acceptors (Lipinski definition) is 5. The third kappa shape index (κ3) is 4.17. The number of amides is 1. The van der Waals surface area contributed by atoms with Gasteiger partial charge in [0.1, 0.15) is 11.6 Å². The maximum absolute atomic E-state index is 13.1. The van der Waals surface area contributed by atoms with E-state index in [4.69, 9.17) is 16.0 Å². The summed E-state index contributed by atoms with van der Waals surface area (Å²) >= 11 is 7.25. The number of nitrogens with one attached hydrogen (secondary N) is 1. The molecular formula is C18H18ClFN4O2S. The van der Waals surface area contributed by atoms with Crippen molar-refractivity contribution in [2.24, 2.45) is 0 Å². The highest BCUT2D eigenvalue weighted by Crippen LogP contribution is 2.30. The van der Waals surface area contributed by atoms with Crippen LogP contribution in [0.4, 0.5) is 10.1 Å². The number of aromatic nitrogens is 3. The molecule has 0 unspecified atom stereocenters. The number of thioether (sulfide) groups is 1. The van der Waals surface area contributed by atoms with Crippen LogP contribution in [-0.4, -0.2) is 25.9 Å². The van der Waals surface area contributed by atoms with E-state index in [1.54, 1.807) is 13.2 Å². The Balaban J connectivity index is 1.76. The van der Waals surface area contributed by atoms with Crippen molar-refractivity contribution in [2.75, 3.05) is 5.32 Å². The van der Waals surface area contributed by atoms with Crippen LogP contribution in [0.5, 0.6) is 0 Å². The van der Waals surface area contributed by atoms with Gasteiger partial charge in [0.25, 0.3) is 0 Å². The molecule has 9 heteroatoms. The van der Waals surface area contributed by atoms with Crippen LogP contribution in [0.25, 0.3) is 11.4 Å². The molecule has 1 amide bonds. The minimum atomic E-state index is -0.460. The highest BCUT2D eigenvalue weighted by molar-refractivity contribution is 8.00. The van der Waals surface area contributed by atoms with E-state index in [0.29, 0.717) is 23.2 Å². The quantitative estimate of drug-likeness (QED) is 0.594. The fourth-order valence-electron chi connectivity index (χ4n) is 2.51. The maximum Gasteiger partial charge on any atom is 0.237 e. The molecule has 1 aromatic carbocycles. The van der Waals surface area contributed by atoms with Gasteiger partial charge in [-0.05, 0) is 45.0 Å². The lowest BCUT2D eigenvalue weighted by Crippen LogP contribution is -2.23. The van der Waals surface area contributed by atoms with Crippen molar-refractivity contribution in [3.63, 3.8) is 0 Å². The third-order valence-corrected chi connectivity index (χ3v) is 5.37. The Labute approximate surface area is 165 Å². The highest BCUT2D eigenvalue weighted by atomic mass is 35.5. The molecular weight excluding hydrogens is 391 g/mol. The van der Waals surface area contributed by atoms with Crippen molar-refractivity contribution in [1.82, 2.24) is 14.8 Å². The Bertz CT molecular complexity index is 972. The lowest BCUT2D eigenvalue weighted by Gasteiger charge is -2.13. The first kappa shape index (κ1) is 19.4. The van der Waals surface area contributed by atoms with E-state index in [0.717, 1.165) is 17.4 Å². The fourth-order valence-corrected chi connectivity index (χ4v) is 3.64. The summed E-state index contributed by atoms with van der Waals surface area (Å²) in [5.41, 5.74) is 1.23. The Morgan fingerprint density at radius 2 is 2.19 bits per heavy atom. The number of benzene rings is 1. The predicted octanol–water partition coefficient (Wildman–Crippen LogP) is 4.78. The van der Waals surface area contributed by atoms with E-state index < -0.39 is 11.1 Å². The second kappa shape index (κ2) is 8.14. The van der Waals surface area contributed by atoms with Crippen LogP contribution in [0.2, 0.25) is 5.02 Å². The van der Waals surface area contributed by atoms with Gasteiger partial charge in [-0.3, -0.25) is 4.79 Å². The topological polar surface area (TPSA) is 73.0 Å². The molecule has 3 rings (SSSR count). The Morgan fingerprint density at radius 1 is 1.41 bits per heavy atom. The van der Waals surface area contributed by atoms with Crippen LogP contribution in [0.3, 0.4) is 0 Å². The number of anilines is 1. The van der Waals surface area contributed by atoms with Crippen molar-refractivity contribution >= 4 is 35.0 Å². The number of furan rings is 1. The molecule has 1 atom stereocenters. The normalized spacial score (nSPS) is 12.2. The maximum atomic E-state index is 13.1. The average Bonchev–Trinajstić information content (AvgIpc) is 3.22. The van der Waals surface area contributed by atoms with Gasteiger partial charge in [-0.15, -0.1) is 10.2 Å². The lowest BCUT2D eigenvalue weighted by atomic mass is 10.2. The van der Waals surface area contributed by atoms with Crippen molar-refractivity contribution < 1.29 is 13.6 Å². The van der Waals surface area contributed by atoms with Gasteiger partial charge < -0.3 is 14.3 Å². The number of carbonyl (C=O) groups excluding carboxylic acids is 1. The summed E-state index contributed by atoms with van der Waals surface area (Å²) < 4.78 is 20.4. The summed E-state index contributed by atoms with van der Waals surface area (Å²) in [5, 5.41) is 11.5. The van der Waals surface area contributed by atoms with Gasteiger partial charge >= 0.3 is 0 Å². The molecule has 0 bridgehead atoms. The van der Waals surface area contributed by atoms with Gasteiger partial charge in [0.2, 0.25) is 5.91 Å². The zero-order valence-corrected chi connectivity index (χ0v) is 16.6. The molecule has 142 valence electrons. The number of nitrogens with zero attached hydrogens (tertiary/aromatic N) is 3. The van der Waals surface area contributed by atoms with Crippen LogP contribution < -0.4 is 5.32 Å². The lowest BCUT2D eigenvalue weighted by molar-refractivity contribution is -0.115. The van der Waals surface area contributed by atoms with Crippen molar-refractivity contribution in [1.29, 1.82) is 0 Å². The molecule has 6 nitrogen and oxygen atoms in total. The molecule has 0 spiro atoms. The van der Waals surface area contributed by atoms with Crippen LogP contribution in [0.15, 0.2) is 40.1 Å². The number of rotatable bonds is 6.